The van der Waals surface area contributed by atoms with Crippen LogP contribution in [0.1, 0.15) is 57.5 Å². The smallest absolute Gasteiger partial charge is 0.237 e. The molecule has 29 heavy (non-hydrogen) atoms. The summed E-state index contributed by atoms with van der Waals surface area (Å²) in [6.45, 7) is 5.44. The maximum absolute atomic E-state index is 13.5. The summed E-state index contributed by atoms with van der Waals surface area (Å²) in [6.07, 6.45) is 7.41. The first-order valence-corrected chi connectivity index (χ1v) is 10.8. The van der Waals surface area contributed by atoms with Crippen molar-refractivity contribution in [1.29, 1.82) is 0 Å². The monoisotopic (exact) mass is 398 g/mol. The van der Waals surface area contributed by atoms with Gasteiger partial charge in [0.1, 0.15) is 11.6 Å². The first-order chi connectivity index (χ1) is 13.9. The molecular weight excluding hydrogens is 367 g/mol. The lowest BCUT2D eigenvalue weighted by Crippen LogP contribution is -2.53. The first-order valence-electron chi connectivity index (χ1n) is 10.8. The minimum atomic E-state index is -0.533. The maximum Gasteiger partial charge on any atom is 0.237 e. The minimum absolute atomic E-state index is 0.00386. The molecule has 1 saturated carbocycles. The Morgan fingerprint density at radius 1 is 1.17 bits per heavy atom. The third-order valence-electron chi connectivity index (χ3n) is 6.64. The van der Waals surface area contributed by atoms with E-state index in [1.54, 1.807) is 0 Å². The Morgan fingerprint density at radius 3 is 2.52 bits per heavy atom. The van der Waals surface area contributed by atoms with Crippen LogP contribution in [0.4, 0.5) is 4.39 Å². The fourth-order valence-electron chi connectivity index (χ4n) is 5.05. The average Bonchev–Trinajstić information content (AvgIpc) is 3.08. The van der Waals surface area contributed by atoms with E-state index in [9.17, 15) is 9.18 Å². The number of amides is 1. The molecule has 0 spiro atoms. The zero-order chi connectivity index (χ0) is 20.6. The van der Waals surface area contributed by atoms with E-state index < -0.39 is 5.54 Å². The molecule has 1 aliphatic heterocycles. The Bertz CT molecular complexity index is 881. The Balaban J connectivity index is 1.79. The van der Waals surface area contributed by atoms with Crippen LogP contribution in [0.15, 0.2) is 24.3 Å². The van der Waals surface area contributed by atoms with Crippen molar-refractivity contribution in [2.24, 2.45) is 11.7 Å². The molecule has 6 heteroatoms. The predicted octanol–water partition coefficient (Wildman–Crippen LogP) is 3.85. The molecule has 156 valence electrons. The number of aromatic nitrogens is 2. The highest BCUT2D eigenvalue weighted by molar-refractivity contribution is 5.79. The summed E-state index contributed by atoms with van der Waals surface area (Å²) in [5.74, 6) is 1.26. The van der Waals surface area contributed by atoms with Gasteiger partial charge < -0.3 is 15.2 Å². The fourth-order valence-corrected chi connectivity index (χ4v) is 5.05. The molecule has 2 aromatic rings. The van der Waals surface area contributed by atoms with E-state index in [4.69, 9.17) is 10.7 Å². The molecule has 0 unspecified atom stereocenters. The summed E-state index contributed by atoms with van der Waals surface area (Å²) in [6, 6.07) is 6.61. The molecule has 1 fully saturated rings. The topological polar surface area (TPSA) is 64.2 Å². The number of halogens is 1. The quantitative estimate of drug-likeness (QED) is 0.851. The number of hydrogen-bond acceptors (Lipinski definition) is 3. The molecule has 2 heterocycles. The van der Waals surface area contributed by atoms with Gasteiger partial charge in [0.05, 0.1) is 17.8 Å². The Morgan fingerprint density at radius 2 is 1.86 bits per heavy atom. The average molecular weight is 399 g/mol. The van der Waals surface area contributed by atoms with Gasteiger partial charge >= 0.3 is 0 Å². The highest BCUT2D eigenvalue weighted by atomic mass is 19.1. The minimum Gasteiger partial charge on any atom is -0.328 e. The maximum atomic E-state index is 13.5. The standard InChI is InChI=1S/C23H31FN4O/c1-23(2)22-26-21(17-8-10-18(24)11-9-17)19(14-16-6-4-3-5-7-16)27(22)12-13-28(23)20(29)15-25/h8-11,16H,3-7,12-15,25H2,1-2H3. The fraction of sp³-hybridized carbons (Fsp3) is 0.565. The van der Waals surface area contributed by atoms with Gasteiger partial charge in [-0.05, 0) is 50.5 Å². The van der Waals surface area contributed by atoms with E-state index in [2.05, 4.69) is 4.57 Å². The van der Waals surface area contributed by atoms with E-state index in [1.807, 2.05) is 30.9 Å². The van der Waals surface area contributed by atoms with Gasteiger partial charge in [-0.25, -0.2) is 9.37 Å². The Labute approximate surface area is 172 Å². The third kappa shape index (κ3) is 3.70. The van der Waals surface area contributed by atoms with E-state index in [1.165, 1.54) is 49.9 Å². The SMILES string of the molecule is CC1(C)c2nc(-c3ccc(F)cc3)c(CC3CCCCC3)n2CCN1C(=O)CN. The van der Waals surface area contributed by atoms with E-state index >= 15 is 0 Å². The largest absolute Gasteiger partial charge is 0.328 e. The summed E-state index contributed by atoms with van der Waals surface area (Å²) in [7, 11) is 0. The van der Waals surface area contributed by atoms with E-state index in [0.29, 0.717) is 12.5 Å². The van der Waals surface area contributed by atoms with Crippen molar-refractivity contribution in [2.45, 2.75) is 64.5 Å². The van der Waals surface area contributed by atoms with Crippen LogP contribution in [0.5, 0.6) is 0 Å². The highest BCUT2D eigenvalue weighted by Crippen LogP contribution is 2.38. The van der Waals surface area contributed by atoms with Crippen molar-refractivity contribution < 1.29 is 9.18 Å². The predicted molar refractivity (Wildman–Crippen MR) is 112 cm³/mol. The summed E-state index contributed by atoms with van der Waals surface area (Å²) in [5, 5.41) is 0. The lowest BCUT2D eigenvalue weighted by Gasteiger charge is -2.42. The molecule has 1 aromatic heterocycles. The molecule has 5 nitrogen and oxygen atoms in total. The number of nitrogens with two attached hydrogens (primary N) is 1. The Hall–Kier alpha value is -2.21. The van der Waals surface area contributed by atoms with Gasteiger partial charge in [0.2, 0.25) is 5.91 Å². The highest BCUT2D eigenvalue weighted by Gasteiger charge is 2.41. The second-order valence-corrected chi connectivity index (χ2v) is 8.91. The molecule has 1 aromatic carbocycles. The van der Waals surface area contributed by atoms with Gasteiger partial charge in [0.15, 0.2) is 0 Å². The number of benzene rings is 1. The van der Waals surface area contributed by atoms with Crippen molar-refractivity contribution >= 4 is 5.91 Å². The second kappa shape index (κ2) is 7.90. The molecule has 1 amide bonds. The van der Waals surface area contributed by atoms with Crippen molar-refractivity contribution in [3.05, 3.63) is 41.6 Å². The van der Waals surface area contributed by atoms with Gasteiger partial charge in [0.25, 0.3) is 0 Å². The third-order valence-corrected chi connectivity index (χ3v) is 6.64. The zero-order valence-corrected chi connectivity index (χ0v) is 17.5. The number of nitrogens with zero attached hydrogens (tertiary/aromatic N) is 3. The molecule has 0 atom stereocenters. The van der Waals surface area contributed by atoms with Gasteiger partial charge in [-0.2, -0.15) is 0 Å². The van der Waals surface area contributed by atoms with Gasteiger partial charge in [-0.1, -0.05) is 32.1 Å². The van der Waals surface area contributed by atoms with Crippen LogP contribution in [-0.2, 0) is 23.3 Å². The molecule has 0 saturated heterocycles. The van der Waals surface area contributed by atoms with Crippen LogP contribution >= 0.6 is 0 Å². The first kappa shape index (κ1) is 20.1. The second-order valence-electron chi connectivity index (χ2n) is 8.91. The number of fused-ring (bicyclic) bond motifs is 1. The molecule has 4 rings (SSSR count). The number of carbonyl (C=O) groups is 1. The lowest BCUT2D eigenvalue weighted by atomic mass is 9.85. The molecule has 0 bridgehead atoms. The molecular formula is C23H31FN4O. The van der Waals surface area contributed by atoms with Crippen molar-refractivity contribution in [2.75, 3.05) is 13.1 Å². The normalized spacial score (nSPS) is 19.2. The van der Waals surface area contributed by atoms with Crippen molar-refractivity contribution in [3.63, 3.8) is 0 Å². The van der Waals surface area contributed by atoms with Gasteiger partial charge in [0, 0.05) is 24.3 Å². The van der Waals surface area contributed by atoms with Crippen LogP contribution in [0.3, 0.4) is 0 Å². The van der Waals surface area contributed by atoms with E-state index in [-0.39, 0.29) is 18.3 Å². The number of hydrogen-bond donors (Lipinski definition) is 1. The van der Waals surface area contributed by atoms with Crippen molar-refractivity contribution in [1.82, 2.24) is 14.5 Å². The van der Waals surface area contributed by atoms with Crippen LogP contribution in [0, 0.1) is 11.7 Å². The summed E-state index contributed by atoms with van der Waals surface area (Å²) in [4.78, 5) is 19.3. The van der Waals surface area contributed by atoms with Crippen LogP contribution < -0.4 is 5.73 Å². The molecule has 1 aliphatic carbocycles. The number of rotatable bonds is 4. The number of carbonyl (C=O) groups excluding carboxylic acids is 1. The Kier molecular flexibility index (Phi) is 5.47. The van der Waals surface area contributed by atoms with Crippen LogP contribution in [0.25, 0.3) is 11.3 Å². The molecule has 2 aliphatic rings. The van der Waals surface area contributed by atoms with Gasteiger partial charge in [-0.15, -0.1) is 0 Å². The zero-order valence-electron chi connectivity index (χ0n) is 17.5. The number of imidazole rings is 1. The van der Waals surface area contributed by atoms with Crippen LogP contribution in [0.2, 0.25) is 0 Å². The molecule has 2 N–H and O–H groups in total. The van der Waals surface area contributed by atoms with Crippen LogP contribution in [-0.4, -0.2) is 33.4 Å². The van der Waals surface area contributed by atoms with Crippen molar-refractivity contribution in [3.8, 4) is 11.3 Å². The van der Waals surface area contributed by atoms with E-state index in [0.717, 1.165) is 30.0 Å². The molecule has 0 radical (unpaired) electrons. The summed E-state index contributed by atoms with van der Waals surface area (Å²) < 4.78 is 15.8. The summed E-state index contributed by atoms with van der Waals surface area (Å²) >= 11 is 0. The summed E-state index contributed by atoms with van der Waals surface area (Å²) in [5.41, 5.74) is 8.22. The lowest BCUT2D eigenvalue weighted by molar-refractivity contribution is -0.137. The van der Waals surface area contributed by atoms with Gasteiger partial charge in [-0.3, -0.25) is 4.79 Å².